The van der Waals surface area contributed by atoms with Gasteiger partial charge in [-0.2, -0.15) is 5.26 Å². The lowest BCUT2D eigenvalue weighted by Crippen LogP contribution is -2.62. The van der Waals surface area contributed by atoms with Gasteiger partial charge in [-0.3, -0.25) is 9.69 Å². The van der Waals surface area contributed by atoms with Crippen LogP contribution in [0.5, 0.6) is 5.75 Å². The molecule has 3 aromatic rings. The molecule has 2 aromatic heterocycles. The molecule has 1 aromatic carbocycles. The van der Waals surface area contributed by atoms with Crippen molar-refractivity contribution in [3.05, 3.63) is 63.6 Å². The molecule has 7 nitrogen and oxygen atoms in total. The van der Waals surface area contributed by atoms with Crippen molar-refractivity contribution in [2.45, 2.75) is 57.7 Å². The van der Waals surface area contributed by atoms with Gasteiger partial charge < -0.3 is 14.2 Å². The van der Waals surface area contributed by atoms with E-state index in [1.165, 1.54) is 16.7 Å². The molecule has 4 heterocycles. The van der Waals surface area contributed by atoms with Crippen LogP contribution >= 0.6 is 0 Å². The number of anilines is 1. The Kier molecular flexibility index (Phi) is 6.40. The van der Waals surface area contributed by atoms with Crippen LogP contribution in [0, 0.1) is 11.3 Å². The van der Waals surface area contributed by atoms with E-state index in [0.717, 1.165) is 25.3 Å². The van der Waals surface area contributed by atoms with Crippen LogP contribution < -0.4 is 15.2 Å². The molecule has 0 unspecified atom stereocenters. The summed E-state index contributed by atoms with van der Waals surface area (Å²) in [6.45, 7) is 6.88. The van der Waals surface area contributed by atoms with Crippen molar-refractivity contribution in [3.63, 3.8) is 0 Å². The van der Waals surface area contributed by atoms with E-state index < -0.39 is 5.92 Å². The number of hydrogen-bond donors (Lipinski definition) is 0. The second kappa shape index (κ2) is 9.42. The summed E-state index contributed by atoms with van der Waals surface area (Å²) >= 11 is 0. The van der Waals surface area contributed by atoms with E-state index in [1.807, 2.05) is 12.1 Å². The van der Waals surface area contributed by atoms with Crippen LogP contribution in [0.3, 0.4) is 0 Å². The Balaban J connectivity index is 1.53. The summed E-state index contributed by atoms with van der Waals surface area (Å²) < 4.78 is 35.2. The number of ether oxygens (including phenoxy) is 1. The van der Waals surface area contributed by atoms with Gasteiger partial charge in [-0.15, -0.1) is 0 Å². The molecule has 194 valence electrons. The van der Waals surface area contributed by atoms with Crippen molar-refractivity contribution in [3.8, 4) is 11.8 Å². The van der Waals surface area contributed by atoms with Crippen molar-refractivity contribution >= 4 is 16.7 Å². The third kappa shape index (κ3) is 4.23. The summed E-state index contributed by atoms with van der Waals surface area (Å²) in [6, 6.07) is 12.4. The maximum Gasteiger partial charge on any atom is 0.295 e. The zero-order chi connectivity index (χ0) is 26.5. The predicted octanol–water partition coefficient (Wildman–Crippen LogP) is 4.73. The number of nitrogens with zero attached hydrogens (tertiary/aromatic N) is 5. The lowest BCUT2D eigenvalue weighted by Gasteiger charge is -2.51. The minimum Gasteiger partial charge on any atom is -0.484 e. The molecule has 3 atom stereocenters. The highest BCUT2D eigenvalue weighted by atomic mass is 19.3. The van der Waals surface area contributed by atoms with Gasteiger partial charge in [-0.25, -0.2) is 13.8 Å². The topological polar surface area (TPSA) is 74.4 Å². The van der Waals surface area contributed by atoms with Gasteiger partial charge in [0.05, 0.1) is 11.6 Å². The average Bonchev–Trinajstić information content (AvgIpc) is 2.90. The third-order valence-corrected chi connectivity index (χ3v) is 7.79. The quantitative estimate of drug-likeness (QED) is 0.497. The molecule has 0 bridgehead atoms. The van der Waals surface area contributed by atoms with Gasteiger partial charge in [-0.05, 0) is 30.5 Å². The number of alkyl halides is 2. The highest BCUT2D eigenvalue weighted by Crippen LogP contribution is 2.41. The van der Waals surface area contributed by atoms with Crippen LogP contribution in [0.25, 0.3) is 11.0 Å². The second-order valence-corrected chi connectivity index (χ2v) is 10.0. The molecule has 1 fully saturated rings. The van der Waals surface area contributed by atoms with E-state index in [-0.39, 0.29) is 40.7 Å². The van der Waals surface area contributed by atoms with E-state index in [2.05, 4.69) is 34.7 Å². The maximum atomic E-state index is 13.8. The van der Waals surface area contributed by atoms with Gasteiger partial charge in [0.1, 0.15) is 29.6 Å². The highest BCUT2D eigenvalue weighted by molar-refractivity contribution is 5.93. The zero-order valence-corrected chi connectivity index (χ0v) is 21.5. The second-order valence-electron chi connectivity index (χ2n) is 10.0. The summed E-state index contributed by atoms with van der Waals surface area (Å²) in [7, 11) is 1.69. The first-order chi connectivity index (χ1) is 17.7. The molecule has 9 heteroatoms. The van der Waals surface area contributed by atoms with E-state index in [0.29, 0.717) is 36.4 Å². The number of aryl methyl sites for hydroxylation is 1. The monoisotopic (exact) mass is 507 g/mol. The predicted molar refractivity (Wildman–Crippen MR) is 138 cm³/mol. The first-order valence-corrected chi connectivity index (χ1v) is 12.7. The van der Waals surface area contributed by atoms with E-state index in [4.69, 9.17) is 4.74 Å². The number of aromatic nitrogens is 2. The molecule has 0 saturated carbocycles. The molecule has 5 rings (SSSR count). The summed E-state index contributed by atoms with van der Waals surface area (Å²) in [5.41, 5.74) is 2.99. The van der Waals surface area contributed by atoms with Crippen molar-refractivity contribution in [2.24, 2.45) is 7.05 Å². The maximum absolute atomic E-state index is 13.8. The lowest BCUT2D eigenvalue weighted by molar-refractivity contribution is 0.0173. The molecule has 2 aliphatic rings. The number of nitriles is 1. The fourth-order valence-corrected chi connectivity index (χ4v) is 5.80. The van der Waals surface area contributed by atoms with Crippen molar-refractivity contribution in [1.82, 2.24) is 14.5 Å². The molecule has 0 aliphatic carbocycles. The van der Waals surface area contributed by atoms with Gasteiger partial charge in [0.2, 0.25) is 5.75 Å². The first-order valence-electron chi connectivity index (χ1n) is 12.7. The number of benzene rings is 1. The standard InChI is InChI=1S/C28H31F2N5O2/c1-5-20-14-35-21(15-34(20)22(6-2)17-7-9-18(10-8-17)28(3,29)30)16-37-26-25(35)24-23(33(4)27(26)36)12-11-19(13-31)32-24/h7-12,20-22H,5-6,14-16H2,1-4H3/t20-,21+,22-/m1/s1. The molecule has 0 amide bonds. The first kappa shape index (κ1) is 25.2. The Labute approximate surface area is 214 Å². The SMILES string of the molecule is CC[C@@H]1CN2c3c(c(=O)n(C)c4ccc(C#N)nc34)OC[C@@H]2CN1[C@H](CC)c1ccc(C(C)(F)F)cc1. The third-order valence-electron chi connectivity index (χ3n) is 7.79. The number of rotatable bonds is 5. The van der Waals surface area contributed by atoms with Crippen molar-refractivity contribution < 1.29 is 13.5 Å². The zero-order valence-electron chi connectivity index (χ0n) is 21.5. The fraction of sp³-hybridized carbons (Fsp3) is 0.464. The normalized spacial score (nSPS) is 20.6. The molecule has 0 radical (unpaired) electrons. The van der Waals surface area contributed by atoms with Crippen LogP contribution in [-0.4, -0.2) is 46.2 Å². The van der Waals surface area contributed by atoms with Crippen LogP contribution in [-0.2, 0) is 13.0 Å². The minimum atomic E-state index is -2.87. The lowest BCUT2D eigenvalue weighted by atomic mass is 9.94. The van der Waals surface area contributed by atoms with Crippen LogP contribution in [0.4, 0.5) is 14.5 Å². The number of halogens is 2. The molecule has 0 spiro atoms. The Morgan fingerprint density at radius 1 is 1.19 bits per heavy atom. The largest absolute Gasteiger partial charge is 0.484 e. The summed E-state index contributed by atoms with van der Waals surface area (Å²) in [6.07, 6.45) is 1.71. The molecule has 37 heavy (non-hydrogen) atoms. The minimum absolute atomic E-state index is 0.0120. The van der Waals surface area contributed by atoms with Gasteiger partial charge >= 0.3 is 0 Å². The van der Waals surface area contributed by atoms with Crippen LogP contribution in [0.15, 0.2) is 41.2 Å². The van der Waals surface area contributed by atoms with Crippen LogP contribution in [0.1, 0.15) is 56.5 Å². The Morgan fingerprint density at radius 3 is 2.54 bits per heavy atom. The molecule has 1 saturated heterocycles. The Bertz CT molecular complexity index is 1420. The molecule has 0 N–H and O–H groups in total. The fourth-order valence-electron chi connectivity index (χ4n) is 5.80. The number of piperazine rings is 1. The molecular formula is C28H31F2N5O2. The van der Waals surface area contributed by atoms with E-state index in [1.54, 1.807) is 19.2 Å². The highest BCUT2D eigenvalue weighted by Gasteiger charge is 2.42. The van der Waals surface area contributed by atoms with Crippen molar-refractivity contribution in [1.29, 1.82) is 5.26 Å². The Hall–Kier alpha value is -3.51. The molecular weight excluding hydrogens is 476 g/mol. The Morgan fingerprint density at radius 2 is 1.92 bits per heavy atom. The summed E-state index contributed by atoms with van der Waals surface area (Å²) in [5.74, 6) is -2.59. The summed E-state index contributed by atoms with van der Waals surface area (Å²) in [5, 5.41) is 9.46. The van der Waals surface area contributed by atoms with Gasteiger partial charge in [0.15, 0.2) is 0 Å². The van der Waals surface area contributed by atoms with Gasteiger partial charge in [-0.1, -0.05) is 38.1 Å². The number of hydrogen-bond acceptors (Lipinski definition) is 6. The number of pyridine rings is 2. The molecule has 2 aliphatic heterocycles. The van der Waals surface area contributed by atoms with E-state index in [9.17, 15) is 18.8 Å². The van der Waals surface area contributed by atoms with Crippen LogP contribution in [0.2, 0.25) is 0 Å². The smallest absolute Gasteiger partial charge is 0.295 e. The average molecular weight is 508 g/mol. The number of fused-ring (bicyclic) bond motifs is 5. The van der Waals surface area contributed by atoms with Gasteiger partial charge in [0.25, 0.3) is 11.5 Å². The van der Waals surface area contributed by atoms with Crippen molar-refractivity contribution in [2.75, 3.05) is 24.6 Å². The summed E-state index contributed by atoms with van der Waals surface area (Å²) in [4.78, 5) is 22.4. The van der Waals surface area contributed by atoms with E-state index >= 15 is 0 Å². The van der Waals surface area contributed by atoms with Gasteiger partial charge in [0, 0.05) is 44.7 Å².